The summed E-state index contributed by atoms with van der Waals surface area (Å²) in [5.41, 5.74) is 0. The molecule has 2 rings (SSSR count). The molecule has 12 heteroatoms. The van der Waals surface area contributed by atoms with E-state index in [2.05, 4.69) is 0 Å². The predicted octanol–water partition coefficient (Wildman–Crippen LogP) is -4.82. The number of carbonyl (C=O) groups is 1. The minimum Gasteiger partial charge on any atom is -0.463 e. The SMILES string of the molecule is CC(=O)OC[C@@H]1O[C@@H](O[C@@]2(CO)O[C@@H](CO)[C@@H](O)[C@H]2O)[C@@H](O)[C@@H](O)[C@H]1O. The maximum absolute atomic E-state index is 10.9. The van der Waals surface area contributed by atoms with E-state index in [1.807, 2.05) is 0 Å². The van der Waals surface area contributed by atoms with Crippen LogP contribution >= 0.6 is 0 Å². The Hall–Kier alpha value is -0.930. The highest BCUT2D eigenvalue weighted by Gasteiger charge is 2.58. The summed E-state index contributed by atoms with van der Waals surface area (Å²) in [4.78, 5) is 10.9. The average Bonchev–Trinajstić information content (AvgIpc) is 2.86. The molecule has 0 radical (unpaired) electrons. The summed E-state index contributed by atoms with van der Waals surface area (Å²) in [6, 6.07) is 0. The van der Waals surface area contributed by atoms with E-state index >= 15 is 0 Å². The van der Waals surface area contributed by atoms with Crippen molar-refractivity contribution in [3.05, 3.63) is 0 Å². The molecule has 0 unspecified atom stereocenters. The molecule has 2 saturated heterocycles. The van der Waals surface area contributed by atoms with Crippen molar-refractivity contribution in [2.75, 3.05) is 19.8 Å². The lowest BCUT2D eigenvalue weighted by Gasteiger charge is -2.43. The van der Waals surface area contributed by atoms with E-state index in [-0.39, 0.29) is 0 Å². The number of rotatable bonds is 6. The monoisotopic (exact) mass is 384 g/mol. The molecule has 7 N–H and O–H groups in total. The fourth-order valence-electron chi connectivity index (χ4n) is 2.82. The Labute approximate surface area is 148 Å². The van der Waals surface area contributed by atoms with E-state index in [4.69, 9.17) is 24.1 Å². The van der Waals surface area contributed by atoms with E-state index in [0.29, 0.717) is 0 Å². The summed E-state index contributed by atoms with van der Waals surface area (Å²) in [6.45, 7) is -1.01. The van der Waals surface area contributed by atoms with Gasteiger partial charge < -0.3 is 54.7 Å². The van der Waals surface area contributed by atoms with Gasteiger partial charge in [0.15, 0.2) is 6.29 Å². The van der Waals surface area contributed by atoms with Crippen molar-refractivity contribution in [1.82, 2.24) is 0 Å². The predicted molar refractivity (Wildman–Crippen MR) is 78.2 cm³/mol. The van der Waals surface area contributed by atoms with E-state index in [0.717, 1.165) is 6.92 Å². The second-order valence-corrected chi connectivity index (χ2v) is 6.18. The zero-order valence-corrected chi connectivity index (χ0v) is 13.9. The highest BCUT2D eigenvalue weighted by Crippen LogP contribution is 2.35. The van der Waals surface area contributed by atoms with Crippen LogP contribution in [0.1, 0.15) is 6.92 Å². The van der Waals surface area contributed by atoms with Gasteiger partial charge in [0.25, 0.3) is 0 Å². The second-order valence-electron chi connectivity index (χ2n) is 6.18. The first-order chi connectivity index (χ1) is 12.2. The van der Waals surface area contributed by atoms with Crippen LogP contribution in [0.15, 0.2) is 0 Å². The smallest absolute Gasteiger partial charge is 0.302 e. The molecule has 0 bridgehead atoms. The number of hydrogen-bond donors (Lipinski definition) is 7. The highest BCUT2D eigenvalue weighted by molar-refractivity contribution is 5.65. The third-order valence-corrected chi connectivity index (χ3v) is 4.34. The fourth-order valence-corrected chi connectivity index (χ4v) is 2.82. The van der Waals surface area contributed by atoms with Gasteiger partial charge >= 0.3 is 5.97 Å². The fraction of sp³-hybridized carbons (Fsp3) is 0.929. The van der Waals surface area contributed by atoms with Gasteiger partial charge in [-0.2, -0.15) is 0 Å². The number of hydrogen-bond acceptors (Lipinski definition) is 12. The summed E-state index contributed by atoms with van der Waals surface area (Å²) in [6.07, 6.45) is -12.9. The van der Waals surface area contributed by atoms with Gasteiger partial charge in [0.05, 0.1) is 6.61 Å². The van der Waals surface area contributed by atoms with Crippen molar-refractivity contribution >= 4 is 5.97 Å². The molecule has 9 atom stereocenters. The number of esters is 1. The maximum Gasteiger partial charge on any atom is 0.302 e. The van der Waals surface area contributed by atoms with Crippen LogP contribution in [-0.4, -0.2) is 116 Å². The normalized spacial score (nSPS) is 46.3. The van der Waals surface area contributed by atoms with Gasteiger partial charge in [-0.15, -0.1) is 0 Å². The van der Waals surface area contributed by atoms with Crippen molar-refractivity contribution in [3.63, 3.8) is 0 Å². The quantitative estimate of drug-likeness (QED) is 0.216. The number of aliphatic hydroxyl groups is 7. The van der Waals surface area contributed by atoms with Crippen molar-refractivity contribution in [2.45, 2.75) is 61.7 Å². The largest absolute Gasteiger partial charge is 0.463 e. The van der Waals surface area contributed by atoms with Crippen LogP contribution in [0.3, 0.4) is 0 Å². The minimum atomic E-state index is -2.26. The molecule has 0 spiro atoms. The van der Waals surface area contributed by atoms with E-state index in [9.17, 15) is 35.4 Å². The lowest BCUT2D eigenvalue weighted by molar-refractivity contribution is -0.383. The average molecular weight is 384 g/mol. The molecular formula is C14H24O12. The molecule has 0 aromatic carbocycles. The van der Waals surface area contributed by atoms with E-state index in [1.54, 1.807) is 0 Å². The zero-order chi connectivity index (χ0) is 19.6. The minimum absolute atomic E-state index is 0.461. The summed E-state index contributed by atoms with van der Waals surface area (Å²) in [7, 11) is 0. The number of aliphatic hydroxyl groups excluding tert-OH is 7. The van der Waals surface area contributed by atoms with E-state index in [1.165, 1.54) is 0 Å². The number of carbonyl (C=O) groups excluding carboxylic acids is 1. The van der Waals surface area contributed by atoms with Crippen LogP contribution in [-0.2, 0) is 23.7 Å². The van der Waals surface area contributed by atoms with Crippen LogP contribution < -0.4 is 0 Å². The first-order valence-electron chi connectivity index (χ1n) is 7.93. The summed E-state index contributed by atoms with van der Waals surface area (Å²) < 4.78 is 20.4. The van der Waals surface area contributed by atoms with Crippen LogP contribution in [0.4, 0.5) is 0 Å². The zero-order valence-electron chi connectivity index (χ0n) is 13.9. The third kappa shape index (κ3) is 3.99. The molecule has 2 aliphatic rings. The first kappa shape index (κ1) is 21.4. The molecule has 2 aliphatic heterocycles. The molecule has 0 saturated carbocycles. The highest BCUT2D eigenvalue weighted by atomic mass is 16.8. The standard InChI is InChI=1S/C14H24O12/c1-5(17)23-3-7-8(18)10(20)11(21)13(24-7)26-14(4-16)12(22)9(19)6(2-15)25-14/h6-13,15-16,18-22H,2-4H2,1H3/t6-,7-,8-,9+,10-,11-,12+,13-,14+/m0/s1. The van der Waals surface area contributed by atoms with Gasteiger partial charge in [-0.3, -0.25) is 4.79 Å². The van der Waals surface area contributed by atoms with Gasteiger partial charge in [-0.25, -0.2) is 0 Å². The molecule has 12 nitrogen and oxygen atoms in total. The Kier molecular flexibility index (Phi) is 6.90. The van der Waals surface area contributed by atoms with Crippen LogP contribution in [0.5, 0.6) is 0 Å². The van der Waals surface area contributed by atoms with Crippen LogP contribution in [0.25, 0.3) is 0 Å². The Balaban J connectivity index is 2.16. The summed E-state index contributed by atoms with van der Waals surface area (Å²) >= 11 is 0. The third-order valence-electron chi connectivity index (χ3n) is 4.34. The topological polar surface area (TPSA) is 196 Å². The number of ether oxygens (including phenoxy) is 4. The van der Waals surface area contributed by atoms with Gasteiger partial charge in [0.1, 0.15) is 55.9 Å². The lowest BCUT2D eigenvalue weighted by atomic mass is 9.99. The van der Waals surface area contributed by atoms with Crippen molar-refractivity contribution in [3.8, 4) is 0 Å². The lowest BCUT2D eigenvalue weighted by Crippen LogP contribution is -2.62. The Morgan fingerprint density at radius 3 is 2.15 bits per heavy atom. The van der Waals surface area contributed by atoms with E-state index < -0.39 is 80.6 Å². The van der Waals surface area contributed by atoms with Gasteiger partial charge in [-0.05, 0) is 0 Å². The Bertz CT molecular complexity index is 489. The molecule has 26 heavy (non-hydrogen) atoms. The molecule has 0 aromatic heterocycles. The Morgan fingerprint density at radius 2 is 1.65 bits per heavy atom. The molecule has 2 heterocycles. The molecule has 152 valence electrons. The molecular weight excluding hydrogens is 360 g/mol. The van der Waals surface area contributed by atoms with Gasteiger partial charge in [-0.1, -0.05) is 0 Å². The molecule has 0 amide bonds. The van der Waals surface area contributed by atoms with Crippen molar-refractivity contribution < 1.29 is 59.5 Å². The van der Waals surface area contributed by atoms with Gasteiger partial charge in [0, 0.05) is 6.92 Å². The molecule has 2 fully saturated rings. The van der Waals surface area contributed by atoms with Crippen LogP contribution in [0, 0.1) is 0 Å². The van der Waals surface area contributed by atoms with Crippen molar-refractivity contribution in [1.29, 1.82) is 0 Å². The van der Waals surface area contributed by atoms with Crippen molar-refractivity contribution in [2.24, 2.45) is 0 Å². The summed E-state index contributed by atoms with van der Waals surface area (Å²) in [5, 5.41) is 68.6. The van der Waals surface area contributed by atoms with Gasteiger partial charge in [0.2, 0.25) is 5.79 Å². The first-order valence-corrected chi connectivity index (χ1v) is 7.93. The summed E-state index contributed by atoms with van der Waals surface area (Å²) in [5.74, 6) is -2.93. The maximum atomic E-state index is 10.9. The second kappa shape index (κ2) is 8.39. The molecule has 0 aromatic rings. The Morgan fingerprint density at radius 1 is 1.00 bits per heavy atom. The molecule has 0 aliphatic carbocycles. The van der Waals surface area contributed by atoms with Crippen LogP contribution in [0.2, 0.25) is 0 Å².